The second kappa shape index (κ2) is 8.88. The van der Waals surface area contributed by atoms with Crippen molar-refractivity contribution >= 4 is 38.5 Å². The zero-order chi connectivity index (χ0) is 23.9. The first kappa shape index (κ1) is 23.4. The van der Waals surface area contributed by atoms with Crippen molar-refractivity contribution in [3.8, 4) is 5.75 Å². The van der Waals surface area contributed by atoms with Crippen LogP contribution in [0.25, 0.3) is 0 Å². The summed E-state index contributed by atoms with van der Waals surface area (Å²) >= 11 is -2.38. The SMILES string of the molecule is CC(C)CCn1nc(C2CCC2)c(O)c(C2=NS(=O)(=O)c3cc(NS(=O)O)ccc3N2)c1=O. The normalized spacial score (nSPS) is 18.1. The smallest absolute Gasteiger partial charge is 0.286 e. The molecule has 0 bridgehead atoms. The summed E-state index contributed by atoms with van der Waals surface area (Å²) < 4.78 is 53.0. The molecular weight excluding hydrogens is 470 g/mol. The molecule has 0 amide bonds. The molecule has 1 unspecified atom stereocenters. The van der Waals surface area contributed by atoms with Crippen LogP contribution in [0.4, 0.5) is 11.4 Å². The number of benzene rings is 1. The Morgan fingerprint density at radius 2 is 2.06 bits per heavy atom. The number of anilines is 2. The lowest BCUT2D eigenvalue weighted by molar-refractivity contribution is 0.362. The van der Waals surface area contributed by atoms with Gasteiger partial charge in [0.25, 0.3) is 26.8 Å². The summed E-state index contributed by atoms with van der Waals surface area (Å²) in [5.74, 6) is -0.325. The lowest BCUT2D eigenvalue weighted by Crippen LogP contribution is -2.35. The molecule has 0 saturated heterocycles. The van der Waals surface area contributed by atoms with Crippen LogP contribution in [0.3, 0.4) is 0 Å². The molecule has 11 nitrogen and oxygen atoms in total. The zero-order valence-corrected chi connectivity index (χ0v) is 19.7. The van der Waals surface area contributed by atoms with Crippen LogP contribution in [-0.2, 0) is 27.8 Å². The van der Waals surface area contributed by atoms with E-state index in [4.69, 9.17) is 4.55 Å². The summed E-state index contributed by atoms with van der Waals surface area (Å²) in [6, 6.07) is 3.96. The summed E-state index contributed by atoms with van der Waals surface area (Å²) in [6.45, 7) is 4.36. The molecule has 4 rings (SSSR count). The summed E-state index contributed by atoms with van der Waals surface area (Å²) in [5.41, 5.74) is -0.256. The first-order valence-electron chi connectivity index (χ1n) is 10.5. The van der Waals surface area contributed by atoms with Crippen molar-refractivity contribution in [1.82, 2.24) is 9.78 Å². The van der Waals surface area contributed by atoms with Crippen molar-refractivity contribution in [2.45, 2.75) is 56.9 Å². The quantitative estimate of drug-likeness (QED) is 0.425. The number of amidine groups is 1. The third-order valence-corrected chi connectivity index (χ3v) is 7.46. The summed E-state index contributed by atoms with van der Waals surface area (Å²) in [6.07, 6.45) is 3.32. The lowest BCUT2D eigenvalue weighted by Gasteiger charge is -2.27. The molecule has 1 aliphatic heterocycles. The average Bonchev–Trinajstić information content (AvgIpc) is 2.67. The van der Waals surface area contributed by atoms with Gasteiger partial charge in [0.15, 0.2) is 11.6 Å². The van der Waals surface area contributed by atoms with Gasteiger partial charge in [0, 0.05) is 18.2 Å². The van der Waals surface area contributed by atoms with Crippen LogP contribution in [0.5, 0.6) is 5.75 Å². The first-order chi connectivity index (χ1) is 15.6. The lowest BCUT2D eigenvalue weighted by atomic mass is 9.82. The second-order valence-electron chi connectivity index (χ2n) is 8.55. The van der Waals surface area contributed by atoms with Gasteiger partial charge < -0.3 is 10.4 Å². The van der Waals surface area contributed by atoms with Crippen LogP contribution in [0.2, 0.25) is 0 Å². The number of aromatic nitrogens is 2. The van der Waals surface area contributed by atoms with Crippen LogP contribution >= 0.6 is 0 Å². The van der Waals surface area contributed by atoms with Crippen molar-refractivity contribution in [3.05, 3.63) is 39.8 Å². The van der Waals surface area contributed by atoms with E-state index in [-0.39, 0.29) is 39.3 Å². The Morgan fingerprint density at radius 1 is 1.33 bits per heavy atom. The predicted molar refractivity (Wildman–Crippen MR) is 124 cm³/mol. The third-order valence-electron chi connectivity index (χ3n) is 5.73. The van der Waals surface area contributed by atoms with Gasteiger partial charge in [-0.15, -0.1) is 4.40 Å². The minimum atomic E-state index is -4.27. The van der Waals surface area contributed by atoms with E-state index < -0.39 is 26.8 Å². The van der Waals surface area contributed by atoms with Crippen molar-refractivity contribution in [1.29, 1.82) is 0 Å². The molecule has 33 heavy (non-hydrogen) atoms. The Hall–Kier alpha value is -2.77. The van der Waals surface area contributed by atoms with Gasteiger partial charge in [-0.2, -0.15) is 13.5 Å². The highest BCUT2D eigenvalue weighted by Crippen LogP contribution is 2.40. The minimum absolute atomic E-state index is 0.00396. The number of hydrogen-bond donors (Lipinski definition) is 4. The maximum absolute atomic E-state index is 13.2. The molecule has 1 aliphatic carbocycles. The number of aromatic hydroxyl groups is 1. The maximum Gasteiger partial charge on any atom is 0.286 e. The van der Waals surface area contributed by atoms with Gasteiger partial charge in [0.1, 0.15) is 16.2 Å². The van der Waals surface area contributed by atoms with E-state index >= 15 is 0 Å². The highest BCUT2D eigenvalue weighted by Gasteiger charge is 2.33. The van der Waals surface area contributed by atoms with E-state index in [1.807, 2.05) is 13.8 Å². The molecule has 13 heteroatoms. The van der Waals surface area contributed by atoms with E-state index in [1.165, 1.54) is 22.9 Å². The monoisotopic (exact) mass is 495 g/mol. The first-order valence-corrected chi connectivity index (χ1v) is 13.1. The van der Waals surface area contributed by atoms with Crippen molar-refractivity contribution < 1.29 is 22.3 Å². The third kappa shape index (κ3) is 4.66. The predicted octanol–water partition coefficient (Wildman–Crippen LogP) is 2.37. The summed E-state index contributed by atoms with van der Waals surface area (Å²) in [7, 11) is -4.27. The second-order valence-corrected chi connectivity index (χ2v) is 10.8. The van der Waals surface area contributed by atoms with Crippen LogP contribution in [-0.4, -0.2) is 37.9 Å². The number of rotatable bonds is 7. The molecule has 0 spiro atoms. The van der Waals surface area contributed by atoms with E-state index in [1.54, 1.807) is 0 Å². The van der Waals surface area contributed by atoms with Gasteiger partial charge in [-0.1, -0.05) is 20.3 Å². The molecule has 1 aromatic carbocycles. The highest BCUT2D eigenvalue weighted by molar-refractivity contribution is 7.90. The van der Waals surface area contributed by atoms with Crippen LogP contribution in [0.15, 0.2) is 32.3 Å². The van der Waals surface area contributed by atoms with Crippen LogP contribution < -0.4 is 15.6 Å². The molecule has 1 atom stereocenters. The van der Waals surface area contributed by atoms with Crippen LogP contribution in [0, 0.1) is 5.92 Å². The Morgan fingerprint density at radius 3 is 2.67 bits per heavy atom. The molecule has 178 valence electrons. The molecule has 2 heterocycles. The van der Waals surface area contributed by atoms with Crippen LogP contribution in [0.1, 0.15) is 56.7 Å². The molecule has 2 aliphatic rings. The maximum atomic E-state index is 13.2. The number of nitrogens with zero attached hydrogens (tertiary/aromatic N) is 3. The minimum Gasteiger partial charge on any atom is -0.505 e. The molecule has 0 radical (unpaired) electrons. The Labute approximate surface area is 193 Å². The topological polar surface area (TPSA) is 163 Å². The summed E-state index contributed by atoms with van der Waals surface area (Å²) in [4.78, 5) is 13.0. The number of aryl methyl sites for hydroxylation is 1. The van der Waals surface area contributed by atoms with E-state index in [0.29, 0.717) is 24.6 Å². The molecular formula is C20H25N5O6S2. The van der Waals surface area contributed by atoms with E-state index in [2.05, 4.69) is 19.5 Å². The molecule has 1 fully saturated rings. The fourth-order valence-electron chi connectivity index (χ4n) is 3.71. The largest absolute Gasteiger partial charge is 0.505 e. The number of fused-ring (bicyclic) bond motifs is 1. The average molecular weight is 496 g/mol. The van der Waals surface area contributed by atoms with Gasteiger partial charge in [-0.25, -0.2) is 8.89 Å². The zero-order valence-electron chi connectivity index (χ0n) is 18.1. The fraction of sp³-hybridized carbons (Fsp3) is 0.450. The summed E-state index contributed by atoms with van der Waals surface area (Å²) in [5, 5.41) is 18.2. The van der Waals surface area contributed by atoms with Gasteiger partial charge in [0.05, 0.1) is 5.69 Å². The van der Waals surface area contributed by atoms with Crippen molar-refractivity contribution in [2.24, 2.45) is 10.3 Å². The van der Waals surface area contributed by atoms with Crippen molar-refractivity contribution in [3.63, 3.8) is 0 Å². The van der Waals surface area contributed by atoms with E-state index in [0.717, 1.165) is 19.3 Å². The Kier molecular flexibility index (Phi) is 6.29. The standard InChI is InChI=1S/C20H25N5O6S2/c1-11(2)8-9-25-20(27)16(18(26)17(22-25)12-4-3-5-12)19-21-14-7-6-13(23-32(28)29)10-15(14)33(30,31)24-19/h6-7,10-12,23,26H,3-5,8-9H2,1-2H3,(H,21,24)(H,28,29). The number of nitrogens with one attached hydrogen (secondary N) is 2. The van der Waals surface area contributed by atoms with E-state index in [9.17, 15) is 22.5 Å². The number of hydrogen-bond acceptors (Lipinski definition) is 7. The van der Waals surface area contributed by atoms with Gasteiger partial charge >= 0.3 is 0 Å². The van der Waals surface area contributed by atoms with Gasteiger partial charge in [-0.05, 0) is 43.4 Å². The Balaban J connectivity index is 1.82. The molecule has 4 N–H and O–H groups in total. The number of sulfonamides is 1. The molecule has 1 aromatic heterocycles. The Bertz CT molecular complexity index is 1310. The molecule has 2 aromatic rings. The molecule has 1 saturated carbocycles. The highest BCUT2D eigenvalue weighted by atomic mass is 32.2. The van der Waals surface area contributed by atoms with Gasteiger partial charge in [0.2, 0.25) is 0 Å². The fourth-order valence-corrected chi connectivity index (χ4v) is 5.19. The van der Waals surface area contributed by atoms with Crippen molar-refractivity contribution in [2.75, 3.05) is 10.0 Å². The van der Waals surface area contributed by atoms with Gasteiger partial charge in [-0.3, -0.25) is 14.1 Å².